The van der Waals surface area contributed by atoms with E-state index in [1.807, 2.05) is 0 Å². The molecule has 1 heteroatoms. The third-order valence-electron chi connectivity index (χ3n) is 3.92. The maximum absolute atomic E-state index is 4.06. The number of allylic oxidation sites excluding steroid dienone is 1. The van der Waals surface area contributed by atoms with E-state index in [9.17, 15) is 0 Å². The van der Waals surface area contributed by atoms with Crippen molar-refractivity contribution in [2.75, 3.05) is 5.32 Å². The minimum atomic E-state index is 0.680. The van der Waals surface area contributed by atoms with Crippen LogP contribution < -0.4 is 5.32 Å². The van der Waals surface area contributed by atoms with E-state index >= 15 is 0 Å². The number of aryl methyl sites for hydroxylation is 1. The molecule has 1 aromatic rings. The maximum Gasteiger partial charge on any atom is 0.0345 e. The van der Waals surface area contributed by atoms with E-state index in [1.54, 1.807) is 0 Å². The van der Waals surface area contributed by atoms with Gasteiger partial charge in [-0.15, -0.1) is 0 Å². The van der Waals surface area contributed by atoms with Gasteiger partial charge in [0.05, 0.1) is 0 Å². The fourth-order valence-corrected chi connectivity index (χ4v) is 2.87. The minimum absolute atomic E-state index is 0.680. The van der Waals surface area contributed by atoms with Gasteiger partial charge in [0.25, 0.3) is 0 Å². The van der Waals surface area contributed by atoms with E-state index in [2.05, 4.69) is 43.9 Å². The number of benzene rings is 1. The summed E-state index contributed by atoms with van der Waals surface area (Å²) >= 11 is 0. The SMILES string of the molecule is C=C(C)c1ccc(NC2CCCCC2)cc1CC. The average molecular weight is 243 g/mol. The minimum Gasteiger partial charge on any atom is -0.382 e. The molecule has 1 aliphatic rings. The highest BCUT2D eigenvalue weighted by Crippen LogP contribution is 2.25. The summed E-state index contributed by atoms with van der Waals surface area (Å²) in [6.07, 6.45) is 7.88. The molecule has 1 aliphatic carbocycles. The molecule has 1 aromatic carbocycles. The molecule has 0 amide bonds. The summed E-state index contributed by atoms with van der Waals surface area (Å²) in [7, 11) is 0. The van der Waals surface area contributed by atoms with Crippen molar-refractivity contribution < 1.29 is 0 Å². The molecule has 0 aliphatic heterocycles. The summed E-state index contributed by atoms with van der Waals surface area (Å²) < 4.78 is 0. The van der Waals surface area contributed by atoms with Gasteiger partial charge in [0.15, 0.2) is 0 Å². The zero-order valence-corrected chi connectivity index (χ0v) is 11.8. The quantitative estimate of drug-likeness (QED) is 0.782. The zero-order chi connectivity index (χ0) is 13.0. The molecule has 0 saturated heterocycles. The highest BCUT2D eigenvalue weighted by molar-refractivity contribution is 5.67. The van der Waals surface area contributed by atoms with E-state index in [0.29, 0.717) is 6.04 Å². The van der Waals surface area contributed by atoms with Crippen LogP contribution in [-0.4, -0.2) is 6.04 Å². The third-order valence-corrected chi connectivity index (χ3v) is 3.92. The third kappa shape index (κ3) is 3.16. The summed E-state index contributed by atoms with van der Waals surface area (Å²) in [6, 6.07) is 7.40. The van der Waals surface area contributed by atoms with Crippen LogP contribution in [0.2, 0.25) is 0 Å². The topological polar surface area (TPSA) is 12.0 Å². The van der Waals surface area contributed by atoms with E-state index in [0.717, 1.165) is 12.0 Å². The van der Waals surface area contributed by atoms with E-state index in [-0.39, 0.29) is 0 Å². The predicted molar refractivity (Wildman–Crippen MR) is 81.0 cm³/mol. The van der Waals surface area contributed by atoms with E-state index in [1.165, 1.54) is 48.9 Å². The number of hydrogen-bond acceptors (Lipinski definition) is 1. The lowest BCUT2D eigenvalue weighted by Crippen LogP contribution is -2.22. The Morgan fingerprint density at radius 3 is 2.61 bits per heavy atom. The summed E-state index contributed by atoms with van der Waals surface area (Å²) in [5.74, 6) is 0. The van der Waals surface area contributed by atoms with Crippen LogP contribution in [0, 0.1) is 0 Å². The second kappa shape index (κ2) is 6.08. The molecule has 1 nitrogen and oxygen atoms in total. The lowest BCUT2D eigenvalue weighted by atomic mass is 9.94. The van der Waals surface area contributed by atoms with Crippen molar-refractivity contribution in [3.05, 3.63) is 35.9 Å². The molecule has 0 unspecified atom stereocenters. The Hall–Kier alpha value is -1.24. The van der Waals surface area contributed by atoms with Gasteiger partial charge >= 0.3 is 0 Å². The average Bonchev–Trinajstić information content (AvgIpc) is 2.39. The number of hydrogen-bond donors (Lipinski definition) is 1. The molecule has 0 spiro atoms. The first-order chi connectivity index (χ1) is 8.70. The first kappa shape index (κ1) is 13.2. The second-order valence-electron chi connectivity index (χ2n) is 5.49. The van der Waals surface area contributed by atoms with Crippen LogP contribution in [-0.2, 0) is 6.42 Å². The fourth-order valence-electron chi connectivity index (χ4n) is 2.87. The standard InChI is InChI=1S/C17H25N/c1-4-14-12-16(10-11-17(14)13(2)3)18-15-8-6-5-7-9-15/h10-12,15,18H,2,4-9H2,1,3H3. The van der Waals surface area contributed by atoms with Gasteiger partial charge in [0, 0.05) is 11.7 Å². The molecular weight excluding hydrogens is 218 g/mol. The largest absolute Gasteiger partial charge is 0.382 e. The Morgan fingerprint density at radius 2 is 2.00 bits per heavy atom. The summed E-state index contributed by atoms with van der Waals surface area (Å²) in [5.41, 5.74) is 5.16. The summed E-state index contributed by atoms with van der Waals surface area (Å²) in [5, 5.41) is 3.69. The van der Waals surface area contributed by atoms with Gasteiger partial charge in [-0.05, 0) is 49.4 Å². The molecule has 1 N–H and O–H groups in total. The van der Waals surface area contributed by atoms with Crippen molar-refractivity contribution in [3.8, 4) is 0 Å². The van der Waals surface area contributed by atoms with Crippen molar-refractivity contribution in [3.63, 3.8) is 0 Å². The van der Waals surface area contributed by atoms with Gasteiger partial charge in [0.1, 0.15) is 0 Å². The molecule has 0 aromatic heterocycles. The molecule has 1 saturated carbocycles. The van der Waals surface area contributed by atoms with E-state index < -0.39 is 0 Å². The molecule has 2 rings (SSSR count). The Balaban J connectivity index is 2.11. The van der Waals surface area contributed by atoms with Crippen LogP contribution in [0.3, 0.4) is 0 Å². The lowest BCUT2D eigenvalue weighted by molar-refractivity contribution is 0.463. The molecule has 0 atom stereocenters. The summed E-state index contributed by atoms with van der Waals surface area (Å²) in [6.45, 7) is 8.36. The fraction of sp³-hybridized carbons (Fsp3) is 0.529. The summed E-state index contributed by atoms with van der Waals surface area (Å²) in [4.78, 5) is 0. The van der Waals surface area contributed by atoms with Crippen LogP contribution in [0.25, 0.3) is 5.57 Å². The first-order valence-electron chi connectivity index (χ1n) is 7.26. The van der Waals surface area contributed by atoms with Crippen LogP contribution in [0.4, 0.5) is 5.69 Å². The Bertz CT molecular complexity index is 414. The van der Waals surface area contributed by atoms with Gasteiger partial charge in [-0.2, -0.15) is 0 Å². The second-order valence-corrected chi connectivity index (χ2v) is 5.49. The van der Waals surface area contributed by atoms with Crippen LogP contribution in [0.1, 0.15) is 57.1 Å². The van der Waals surface area contributed by atoms with Gasteiger partial charge in [-0.3, -0.25) is 0 Å². The normalized spacial score (nSPS) is 16.6. The molecule has 1 fully saturated rings. The van der Waals surface area contributed by atoms with Crippen LogP contribution >= 0.6 is 0 Å². The van der Waals surface area contributed by atoms with Crippen LogP contribution in [0.5, 0.6) is 0 Å². The van der Waals surface area contributed by atoms with Gasteiger partial charge in [-0.1, -0.05) is 44.4 Å². The highest BCUT2D eigenvalue weighted by atomic mass is 14.9. The molecule has 98 valence electrons. The zero-order valence-electron chi connectivity index (χ0n) is 11.8. The van der Waals surface area contributed by atoms with E-state index in [4.69, 9.17) is 0 Å². The smallest absolute Gasteiger partial charge is 0.0345 e. The van der Waals surface area contributed by atoms with Crippen molar-refractivity contribution >= 4 is 11.3 Å². The Morgan fingerprint density at radius 1 is 1.28 bits per heavy atom. The van der Waals surface area contributed by atoms with Crippen molar-refractivity contribution in [1.29, 1.82) is 0 Å². The molecular formula is C17H25N. The molecule has 0 heterocycles. The monoisotopic (exact) mass is 243 g/mol. The van der Waals surface area contributed by atoms with Gasteiger partial charge in [0.2, 0.25) is 0 Å². The Kier molecular flexibility index (Phi) is 4.46. The highest BCUT2D eigenvalue weighted by Gasteiger charge is 2.13. The predicted octanol–water partition coefficient (Wildman–Crippen LogP) is 5.03. The number of anilines is 1. The van der Waals surface area contributed by atoms with Crippen molar-refractivity contribution in [1.82, 2.24) is 0 Å². The van der Waals surface area contributed by atoms with Crippen molar-refractivity contribution in [2.45, 2.75) is 58.4 Å². The van der Waals surface area contributed by atoms with Crippen LogP contribution in [0.15, 0.2) is 24.8 Å². The van der Waals surface area contributed by atoms with Gasteiger partial charge in [-0.25, -0.2) is 0 Å². The maximum atomic E-state index is 4.06. The van der Waals surface area contributed by atoms with Crippen molar-refractivity contribution in [2.24, 2.45) is 0 Å². The van der Waals surface area contributed by atoms with Gasteiger partial charge < -0.3 is 5.32 Å². The Labute approximate surface area is 111 Å². The molecule has 0 bridgehead atoms. The molecule has 18 heavy (non-hydrogen) atoms. The molecule has 0 radical (unpaired) electrons. The number of rotatable bonds is 4. The lowest BCUT2D eigenvalue weighted by Gasteiger charge is -2.24. The first-order valence-corrected chi connectivity index (χ1v) is 7.26. The number of nitrogens with one attached hydrogen (secondary N) is 1.